The van der Waals surface area contributed by atoms with Crippen LogP contribution in [-0.2, 0) is 6.54 Å². The van der Waals surface area contributed by atoms with Gasteiger partial charge in [0.1, 0.15) is 0 Å². The van der Waals surface area contributed by atoms with Gasteiger partial charge in [-0.25, -0.2) is 0 Å². The molecule has 114 valence electrons. The fraction of sp³-hybridized carbons (Fsp3) is 0.133. The first-order valence-electron chi connectivity index (χ1n) is 6.45. The van der Waals surface area contributed by atoms with Crippen LogP contribution in [0.4, 0.5) is 11.4 Å². The quantitative estimate of drug-likeness (QED) is 0.652. The number of rotatable bonds is 5. The SMILES string of the molecule is Cc1ccc(NCc2ccc(C(N)=O)cc2[N+](=O)[O-])cc1Cl. The molecule has 0 radical (unpaired) electrons. The molecule has 2 aromatic rings. The van der Waals surface area contributed by atoms with Gasteiger partial charge in [-0.2, -0.15) is 0 Å². The third-order valence-corrected chi connectivity index (χ3v) is 3.63. The Bertz CT molecular complexity index is 747. The van der Waals surface area contributed by atoms with Gasteiger partial charge in [-0.3, -0.25) is 14.9 Å². The molecular weight excluding hydrogens is 306 g/mol. The molecule has 0 atom stereocenters. The fourth-order valence-corrected chi connectivity index (χ4v) is 2.12. The van der Waals surface area contributed by atoms with Gasteiger partial charge in [-0.05, 0) is 36.8 Å². The van der Waals surface area contributed by atoms with Crippen molar-refractivity contribution in [1.29, 1.82) is 0 Å². The molecule has 22 heavy (non-hydrogen) atoms. The number of halogens is 1. The first kappa shape index (κ1) is 15.8. The zero-order valence-electron chi connectivity index (χ0n) is 11.8. The zero-order chi connectivity index (χ0) is 16.3. The second-order valence-electron chi connectivity index (χ2n) is 4.78. The summed E-state index contributed by atoms with van der Waals surface area (Å²) < 4.78 is 0. The third kappa shape index (κ3) is 3.53. The number of benzene rings is 2. The zero-order valence-corrected chi connectivity index (χ0v) is 12.6. The lowest BCUT2D eigenvalue weighted by atomic mass is 10.1. The highest BCUT2D eigenvalue weighted by Crippen LogP contribution is 2.24. The first-order chi connectivity index (χ1) is 10.4. The van der Waals surface area contributed by atoms with Crippen LogP contribution in [0.3, 0.4) is 0 Å². The Kier molecular flexibility index (Phi) is 4.62. The average molecular weight is 320 g/mol. The molecule has 0 fully saturated rings. The number of carbonyl (C=O) groups is 1. The van der Waals surface area contributed by atoms with Crippen molar-refractivity contribution in [2.75, 3.05) is 5.32 Å². The number of carbonyl (C=O) groups excluding carboxylic acids is 1. The Balaban J connectivity index is 2.23. The highest BCUT2D eigenvalue weighted by Gasteiger charge is 2.16. The van der Waals surface area contributed by atoms with E-state index in [4.69, 9.17) is 17.3 Å². The van der Waals surface area contributed by atoms with E-state index in [-0.39, 0.29) is 17.8 Å². The number of nitro groups is 1. The number of aryl methyl sites for hydroxylation is 1. The van der Waals surface area contributed by atoms with Crippen LogP contribution in [0.1, 0.15) is 21.5 Å². The standard InChI is InChI=1S/C15H14ClN3O3/c1-9-2-5-12(7-13(9)16)18-8-11-4-3-10(15(17)20)6-14(11)19(21)22/h2-7,18H,8H2,1H3,(H2,17,20). The molecule has 0 heterocycles. The molecule has 0 saturated carbocycles. The maximum absolute atomic E-state index is 11.1. The van der Waals surface area contributed by atoms with E-state index in [9.17, 15) is 14.9 Å². The van der Waals surface area contributed by atoms with Crippen molar-refractivity contribution in [2.45, 2.75) is 13.5 Å². The van der Waals surface area contributed by atoms with E-state index < -0.39 is 10.8 Å². The Morgan fingerprint density at radius 3 is 2.64 bits per heavy atom. The first-order valence-corrected chi connectivity index (χ1v) is 6.83. The molecule has 3 N–H and O–H groups in total. The number of nitrogens with two attached hydrogens (primary N) is 1. The van der Waals surface area contributed by atoms with E-state index in [2.05, 4.69) is 5.32 Å². The number of hydrogen-bond donors (Lipinski definition) is 2. The summed E-state index contributed by atoms with van der Waals surface area (Å²) in [5, 5.41) is 14.8. The smallest absolute Gasteiger partial charge is 0.275 e. The number of nitrogens with zero attached hydrogens (tertiary/aromatic N) is 1. The Hall–Kier alpha value is -2.60. The molecule has 0 bridgehead atoms. The van der Waals surface area contributed by atoms with Crippen molar-refractivity contribution in [3.8, 4) is 0 Å². The summed E-state index contributed by atoms with van der Waals surface area (Å²) in [6.45, 7) is 2.12. The Morgan fingerprint density at radius 1 is 1.32 bits per heavy atom. The maximum Gasteiger partial charge on any atom is 0.275 e. The van der Waals surface area contributed by atoms with Crippen LogP contribution in [0.15, 0.2) is 36.4 Å². The van der Waals surface area contributed by atoms with E-state index >= 15 is 0 Å². The van der Waals surface area contributed by atoms with Crippen LogP contribution in [0.25, 0.3) is 0 Å². The second-order valence-corrected chi connectivity index (χ2v) is 5.19. The Labute approximate surface area is 132 Å². The molecule has 0 spiro atoms. The molecule has 6 nitrogen and oxygen atoms in total. The highest BCUT2D eigenvalue weighted by atomic mass is 35.5. The monoisotopic (exact) mass is 319 g/mol. The predicted octanol–water partition coefficient (Wildman–Crippen LogP) is 3.27. The summed E-state index contributed by atoms with van der Waals surface area (Å²) in [7, 11) is 0. The molecule has 2 aromatic carbocycles. The molecule has 2 rings (SSSR count). The van der Waals surface area contributed by atoms with E-state index in [0.717, 1.165) is 11.3 Å². The summed E-state index contributed by atoms with van der Waals surface area (Å²) in [5.41, 5.74) is 7.24. The lowest BCUT2D eigenvalue weighted by Crippen LogP contribution is -2.12. The lowest BCUT2D eigenvalue weighted by molar-refractivity contribution is -0.385. The molecule has 7 heteroatoms. The number of nitrogens with one attached hydrogen (secondary N) is 1. The number of nitro benzene ring substituents is 1. The van der Waals surface area contributed by atoms with Gasteiger partial charge in [0.2, 0.25) is 5.91 Å². The van der Waals surface area contributed by atoms with Gasteiger partial charge in [0.05, 0.1) is 4.92 Å². The fourth-order valence-electron chi connectivity index (χ4n) is 1.94. The predicted molar refractivity (Wildman–Crippen MR) is 85.1 cm³/mol. The summed E-state index contributed by atoms with van der Waals surface area (Å²) >= 11 is 6.03. The van der Waals surface area contributed by atoms with Crippen LogP contribution in [0.5, 0.6) is 0 Å². The van der Waals surface area contributed by atoms with Crippen molar-refractivity contribution < 1.29 is 9.72 Å². The molecule has 0 aliphatic rings. The maximum atomic E-state index is 11.1. The van der Waals surface area contributed by atoms with Crippen molar-refractivity contribution in [3.63, 3.8) is 0 Å². The number of amides is 1. The van der Waals surface area contributed by atoms with E-state index in [1.807, 2.05) is 19.1 Å². The van der Waals surface area contributed by atoms with Crippen LogP contribution in [-0.4, -0.2) is 10.8 Å². The van der Waals surface area contributed by atoms with Crippen molar-refractivity contribution in [3.05, 3.63) is 68.2 Å². The van der Waals surface area contributed by atoms with Crippen LogP contribution >= 0.6 is 11.6 Å². The minimum absolute atomic E-state index is 0.105. The molecule has 0 unspecified atom stereocenters. The third-order valence-electron chi connectivity index (χ3n) is 3.22. The van der Waals surface area contributed by atoms with E-state index in [1.165, 1.54) is 18.2 Å². The van der Waals surface area contributed by atoms with Gasteiger partial charge in [0.15, 0.2) is 0 Å². The topological polar surface area (TPSA) is 98.3 Å². The van der Waals surface area contributed by atoms with E-state index in [0.29, 0.717) is 10.6 Å². The van der Waals surface area contributed by atoms with Gasteiger partial charge in [0, 0.05) is 34.4 Å². The molecule has 0 aliphatic heterocycles. The molecule has 1 amide bonds. The van der Waals surface area contributed by atoms with Crippen LogP contribution in [0, 0.1) is 17.0 Å². The minimum atomic E-state index is -0.701. The van der Waals surface area contributed by atoms with Gasteiger partial charge in [-0.1, -0.05) is 17.7 Å². The van der Waals surface area contributed by atoms with Gasteiger partial charge in [-0.15, -0.1) is 0 Å². The largest absolute Gasteiger partial charge is 0.381 e. The summed E-state index contributed by atoms with van der Waals surface area (Å²) in [5.74, 6) is -0.701. The van der Waals surface area contributed by atoms with Gasteiger partial charge >= 0.3 is 0 Å². The summed E-state index contributed by atoms with van der Waals surface area (Å²) in [6.07, 6.45) is 0. The second kappa shape index (κ2) is 6.44. The molecule has 0 aromatic heterocycles. The summed E-state index contributed by atoms with van der Waals surface area (Å²) in [6, 6.07) is 9.61. The number of anilines is 1. The van der Waals surface area contributed by atoms with Crippen molar-refractivity contribution in [2.24, 2.45) is 5.73 Å². The molecule has 0 aliphatic carbocycles. The van der Waals surface area contributed by atoms with Gasteiger partial charge < -0.3 is 11.1 Å². The van der Waals surface area contributed by atoms with E-state index in [1.54, 1.807) is 6.07 Å². The number of primary amides is 1. The van der Waals surface area contributed by atoms with Crippen LogP contribution < -0.4 is 11.1 Å². The Morgan fingerprint density at radius 2 is 2.05 bits per heavy atom. The normalized spacial score (nSPS) is 10.3. The van der Waals surface area contributed by atoms with Gasteiger partial charge in [0.25, 0.3) is 5.69 Å². The minimum Gasteiger partial charge on any atom is -0.381 e. The highest BCUT2D eigenvalue weighted by molar-refractivity contribution is 6.31. The molecular formula is C15H14ClN3O3. The number of hydrogen-bond acceptors (Lipinski definition) is 4. The summed E-state index contributed by atoms with van der Waals surface area (Å²) in [4.78, 5) is 21.7. The lowest BCUT2D eigenvalue weighted by Gasteiger charge is -2.09. The van der Waals surface area contributed by atoms with Crippen molar-refractivity contribution in [1.82, 2.24) is 0 Å². The van der Waals surface area contributed by atoms with Crippen LogP contribution in [0.2, 0.25) is 5.02 Å². The molecule has 0 saturated heterocycles. The average Bonchev–Trinajstić information content (AvgIpc) is 2.48. The van der Waals surface area contributed by atoms with Crippen molar-refractivity contribution >= 4 is 28.9 Å².